The molecule has 0 radical (unpaired) electrons. The van der Waals surface area contributed by atoms with Crippen LogP contribution in [0.3, 0.4) is 0 Å². The van der Waals surface area contributed by atoms with E-state index in [1.54, 1.807) is 0 Å². The van der Waals surface area contributed by atoms with Gasteiger partial charge in [0.05, 0.1) is 0 Å². The van der Waals surface area contributed by atoms with Gasteiger partial charge in [-0.05, 0) is 185 Å². The predicted molar refractivity (Wildman–Crippen MR) is 315 cm³/mol. The second-order valence-electron chi connectivity index (χ2n) is 24.1. The maximum Gasteiger partial charge on any atom is 0.0159 e. The molecule has 0 nitrogen and oxygen atoms in total. The molecule has 14 rings (SSSR count). The largest absolute Gasteiger partial charge is 0.0759 e. The molecule has 73 heavy (non-hydrogen) atoms. The second-order valence-corrected chi connectivity index (χ2v) is 24.1. The lowest BCUT2D eigenvalue weighted by Gasteiger charge is -2.32. The van der Waals surface area contributed by atoms with Crippen LogP contribution in [0.25, 0.3) is 122 Å². The minimum absolute atomic E-state index is 0.0972. The SMILES string of the molecule is CC(C)(C)C1=Cc2ccc3ccc(-c4ccc(-c5ccc(-c6ccc7c(c6)C(C)(C)c6cc(-c8ccc(-c9ccc%10ccc%11cc(C(C)(C)C)cc%12ccc9c%10c%11%12)cc8)ccc6-7)cc5)cc4)c4c3c2C(=CC4)C1. The Balaban J connectivity index is 0.712. The smallest absolute Gasteiger partial charge is 0.0159 e. The number of allylic oxidation sites excluding steroid dienone is 3. The van der Waals surface area contributed by atoms with Crippen LogP contribution in [0.2, 0.25) is 0 Å². The Morgan fingerprint density at radius 2 is 0.836 bits per heavy atom. The van der Waals surface area contributed by atoms with Crippen LogP contribution in [0.4, 0.5) is 0 Å². The van der Waals surface area contributed by atoms with Gasteiger partial charge in [-0.25, -0.2) is 0 Å². The van der Waals surface area contributed by atoms with E-state index in [1.165, 1.54) is 154 Å². The van der Waals surface area contributed by atoms with Crippen molar-refractivity contribution in [2.24, 2.45) is 5.41 Å². The van der Waals surface area contributed by atoms with E-state index in [9.17, 15) is 0 Å². The number of fused-ring (bicyclic) bond motifs is 3. The van der Waals surface area contributed by atoms with Gasteiger partial charge in [-0.15, -0.1) is 0 Å². The molecule has 0 atom stereocenters. The van der Waals surface area contributed by atoms with E-state index in [0.717, 1.165) is 12.8 Å². The van der Waals surface area contributed by atoms with Gasteiger partial charge < -0.3 is 0 Å². The van der Waals surface area contributed by atoms with Crippen molar-refractivity contribution in [3.8, 4) is 66.8 Å². The van der Waals surface area contributed by atoms with Gasteiger partial charge in [0.2, 0.25) is 0 Å². The molecular formula is C73H60. The molecular weight excluding hydrogens is 877 g/mol. The molecule has 0 aromatic heterocycles. The summed E-state index contributed by atoms with van der Waals surface area (Å²) >= 11 is 0. The summed E-state index contributed by atoms with van der Waals surface area (Å²) in [6, 6.07) is 70.0. The van der Waals surface area contributed by atoms with E-state index in [2.05, 4.69) is 250 Å². The zero-order chi connectivity index (χ0) is 49.7. The van der Waals surface area contributed by atoms with E-state index >= 15 is 0 Å². The van der Waals surface area contributed by atoms with Crippen molar-refractivity contribution in [2.45, 2.75) is 79.1 Å². The Hall–Kier alpha value is -7.80. The number of hydrogen-bond acceptors (Lipinski definition) is 0. The van der Waals surface area contributed by atoms with E-state index in [-0.39, 0.29) is 16.2 Å². The van der Waals surface area contributed by atoms with Gasteiger partial charge in [-0.1, -0.05) is 243 Å². The van der Waals surface area contributed by atoms with Gasteiger partial charge in [-0.3, -0.25) is 0 Å². The Labute approximate surface area is 430 Å². The third-order valence-corrected chi connectivity index (χ3v) is 17.3. The Bertz CT molecular complexity index is 4150. The van der Waals surface area contributed by atoms with E-state index in [0.29, 0.717) is 0 Å². The normalized spacial score (nSPS) is 14.7. The third-order valence-electron chi connectivity index (χ3n) is 17.3. The average molecular weight is 937 g/mol. The van der Waals surface area contributed by atoms with Crippen LogP contribution in [-0.2, 0) is 17.3 Å². The fourth-order valence-corrected chi connectivity index (χ4v) is 13.0. The first-order valence-electron chi connectivity index (χ1n) is 26.5. The minimum atomic E-state index is -0.137. The maximum atomic E-state index is 2.51. The molecule has 0 heterocycles. The highest BCUT2D eigenvalue weighted by molar-refractivity contribution is 6.25. The third kappa shape index (κ3) is 6.87. The Morgan fingerprint density at radius 3 is 1.41 bits per heavy atom. The van der Waals surface area contributed by atoms with Gasteiger partial charge in [0.15, 0.2) is 0 Å². The highest BCUT2D eigenvalue weighted by Crippen LogP contribution is 2.52. The fourth-order valence-electron chi connectivity index (χ4n) is 13.0. The highest BCUT2D eigenvalue weighted by atomic mass is 14.4. The summed E-state index contributed by atoms with van der Waals surface area (Å²) in [5, 5.41) is 10.8. The summed E-state index contributed by atoms with van der Waals surface area (Å²) in [6.07, 6.45) is 7.00. The lowest BCUT2D eigenvalue weighted by atomic mass is 9.72. The summed E-state index contributed by atoms with van der Waals surface area (Å²) in [4.78, 5) is 0. The lowest BCUT2D eigenvalue weighted by molar-refractivity contribution is 0.498. The number of hydrogen-bond donors (Lipinski definition) is 0. The molecule has 0 heteroatoms. The van der Waals surface area contributed by atoms with Gasteiger partial charge >= 0.3 is 0 Å². The summed E-state index contributed by atoms with van der Waals surface area (Å²) < 4.78 is 0. The van der Waals surface area contributed by atoms with Crippen LogP contribution in [-0.4, -0.2) is 0 Å². The standard InChI is InChI=1S/C73H60/c1-71(2,3)57-37-53-23-21-49-25-31-59(63-35-29-55(39-57)67(53)69(49)63)47-17-13-44(14-18-47)43-9-11-45(12-10-43)51-27-33-61-62-34-28-52(42-66(62)73(7,8)65(61)41-51)46-15-19-48(20-16-46)60-32-26-50-22-24-54-38-58(72(4,5)6)40-56-30-36-64(60)70(50)68(54)56/h9-34,36-38,40-42H,35,39H2,1-8H3. The molecule has 0 bridgehead atoms. The molecule has 0 unspecified atom stereocenters. The molecule has 0 saturated heterocycles. The predicted octanol–water partition coefficient (Wildman–Crippen LogP) is 20.4. The molecule has 0 fully saturated rings. The summed E-state index contributed by atoms with van der Waals surface area (Å²) in [6.45, 7) is 18.7. The van der Waals surface area contributed by atoms with Gasteiger partial charge in [0.25, 0.3) is 0 Å². The van der Waals surface area contributed by atoms with Gasteiger partial charge in [-0.2, -0.15) is 0 Å². The summed E-state index contributed by atoms with van der Waals surface area (Å²) in [5.41, 5.74) is 26.9. The van der Waals surface area contributed by atoms with E-state index in [1.807, 2.05) is 0 Å². The molecule has 0 saturated carbocycles. The second kappa shape index (κ2) is 15.6. The Kier molecular flexibility index (Phi) is 9.39. The van der Waals surface area contributed by atoms with Crippen molar-refractivity contribution in [2.75, 3.05) is 0 Å². The van der Waals surface area contributed by atoms with E-state index < -0.39 is 0 Å². The summed E-state index contributed by atoms with van der Waals surface area (Å²) in [5.74, 6) is 0. The molecule has 0 spiro atoms. The average Bonchev–Trinajstić information content (AvgIpc) is 3.63. The van der Waals surface area contributed by atoms with Crippen LogP contribution in [0.15, 0.2) is 194 Å². The van der Waals surface area contributed by atoms with E-state index in [4.69, 9.17) is 0 Å². The first-order valence-corrected chi connectivity index (χ1v) is 26.5. The van der Waals surface area contributed by atoms with Gasteiger partial charge in [0.1, 0.15) is 0 Å². The molecule has 11 aromatic carbocycles. The van der Waals surface area contributed by atoms with Crippen molar-refractivity contribution in [1.29, 1.82) is 0 Å². The van der Waals surface area contributed by atoms with Crippen molar-refractivity contribution in [3.05, 3.63) is 227 Å². The van der Waals surface area contributed by atoms with Gasteiger partial charge in [0, 0.05) is 5.41 Å². The van der Waals surface area contributed by atoms with Crippen molar-refractivity contribution in [1.82, 2.24) is 0 Å². The lowest BCUT2D eigenvalue weighted by Crippen LogP contribution is -2.15. The quantitative estimate of drug-likeness (QED) is 0.151. The topological polar surface area (TPSA) is 0 Å². The molecule has 352 valence electrons. The molecule has 0 amide bonds. The molecule has 11 aromatic rings. The number of benzene rings is 11. The first-order chi connectivity index (χ1) is 35.2. The van der Waals surface area contributed by atoms with Crippen molar-refractivity contribution in [3.63, 3.8) is 0 Å². The monoisotopic (exact) mass is 936 g/mol. The summed E-state index contributed by atoms with van der Waals surface area (Å²) in [7, 11) is 0. The highest BCUT2D eigenvalue weighted by Gasteiger charge is 2.36. The maximum absolute atomic E-state index is 2.51. The van der Waals surface area contributed by atoms with Crippen LogP contribution >= 0.6 is 0 Å². The first kappa shape index (κ1) is 43.9. The van der Waals surface area contributed by atoms with Crippen molar-refractivity contribution < 1.29 is 0 Å². The van der Waals surface area contributed by atoms with Crippen molar-refractivity contribution >= 4 is 54.7 Å². The zero-order valence-corrected chi connectivity index (χ0v) is 43.4. The van der Waals surface area contributed by atoms with Crippen LogP contribution < -0.4 is 0 Å². The van der Waals surface area contributed by atoms with Crippen LogP contribution in [0, 0.1) is 5.41 Å². The molecule has 0 aliphatic heterocycles. The molecule has 3 aliphatic carbocycles. The Morgan fingerprint density at radius 1 is 0.384 bits per heavy atom. The molecule has 3 aliphatic rings. The zero-order valence-electron chi connectivity index (χ0n) is 43.4. The number of rotatable bonds is 5. The van der Waals surface area contributed by atoms with Crippen LogP contribution in [0.1, 0.15) is 95.2 Å². The molecule has 0 N–H and O–H groups in total. The van der Waals surface area contributed by atoms with Crippen LogP contribution in [0.5, 0.6) is 0 Å². The fraction of sp³-hybridized carbons (Fsp3) is 0.178. The minimum Gasteiger partial charge on any atom is -0.0759 e.